The molecule has 3 aromatic carbocycles. The van der Waals surface area contributed by atoms with Crippen molar-refractivity contribution in [3.05, 3.63) is 83.6 Å². The first kappa shape index (κ1) is 51.9. The van der Waals surface area contributed by atoms with Gasteiger partial charge >= 0.3 is 12.1 Å². The summed E-state index contributed by atoms with van der Waals surface area (Å²) in [7, 11) is -0.796. The Bertz CT molecular complexity index is 2720. The van der Waals surface area contributed by atoms with Gasteiger partial charge in [0, 0.05) is 82.5 Å². The van der Waals surface area contributed by atoms with Crippen LogP contribution in [0.5, 0.6) is 11.8 Å². The van der Waals surface area contributed by atoms with Crippen molar-refractivity contribution in [3.63, 3.8) is 0 Å². The van der Waals surface area contributed by atoms with E-state index in [-0.39, 0.29) is 53.7 Å². The van der Waals surface area contributed by atoms with Crippen molar-refractivity contribution in [1.82, 2.24) is 29.7 Å². The maximum absolute atomic E-state index is 18.0. The number of fused-ring (bicyclic) bond motifs is 4. The highest BCUT2D eigenvalue weighted by molar-refractivity contribution is 6.90. The summed E-state index contributed by atoms with van der Waals surface area (Å²) in [5.74, 6) is 3.14. The largest absolute Gasteiger partial charge is 0.468 e. The van der Waals surface area contributed by atoms with Crippen LogP contribution in [0.2, 0.25) is 16.6 Å². The highest BCUT2D eigenvalue weighted by Crippen LogP contribution is 2.43. The van der Waals surface area contributed by atoms with Gasteiger partial charge in [-0.25, -0.2) is 13.6 Å². The molecule has 71 heavy (non-hydrogen) atoms. The van der Waals surface area contributed by atoms with Crippen molar-refractivity contribution in [1.29, 1.82) is 0 Å². The van der Waals surface area contributed by atoms with E-state index in [1.807, 2.05) is 31.7 Å². The van der Waals surface area contributed by atoms with E-state index in [1.54, 1.807) is 24.4 Å². The molecule has 0 spiro atoms. The number of carbonyl (C=O) groups is 1. The summed E-state index contributed by atoms with van der Waals surface area (Å²) in [6.45, 7) is 27.8. The van der Waals surface area contributed by atoms with Crippen molar-refractivity contribution < 1.29 is 32.5 Å². The van der Waals surface area contributed by atoms with Crippen LogP contribution in [0, 0.1) is 29.0 Å². The molecule has 0 radical (unpaired) electrons. The predicted molar refractivity (Wildman–Crippen MR) is 281 cm³/mol. The fraction of sp³-hybridized carbons (Fsp3) is 0.536. The number of nitrogens with zero attached hydrogens (tertiary/aromatic N) is 7. The smallest absolute Gasteiger partial charge is 0.410 e. The lowest BCUT2D eigenvalue weighted by atomic mass is 9.95. The summed E-state index contributed by atoms with van der Waals surface area (Å²) >= 11 is 0. The van der Waals surface area contributed by atoms with E-state index in [4.69, 9.17) is 33.9 Å². The number of rotatable bonds is 15. The number of carbonyl (C=O) groups excluding carboxylic acids is 1. The zero-order chi connectivity index (χ0) is 50.8. The zero-order valence-electron chi connectivity index (χ0n) is 43.7. The molecule has 3 unspecified atom stereocenters. The molecule has 0 aliphatic carbocycles. The van der Waals surface area contributed by atoms with E-state index in [1.165, 1.54) is 18.7 Å². The molecule has 380 valence electrons. The number of piperazine rings is 2. The van der Waals surface area contributed by atoms with Crippen molar-refractivity contribution in [2.45, 2.75) is 123 Å². The van der Waals surface area contributed by atoms with Crippen molar-refractivity contribution in [2.24, 2.45) is 5.92 Å². The van der Waals surface area contributed by atoms with E-state index < -0.39 is 25.3 Å². The molecule has 12 nitrogen and oxygen atoms in total. The second-order valence-corrected chi connectivity index (χ2v) is 27.4. The maximum Gasteiger partial charge on any atom is 0.410 e. The normalized spacial score (nSPS) is 18.4. The molecule has 2 bridgehead atoms. The Hall–Kier alpha value is -5.40. The predicted octanol–water partition coefficient (Wildman–Crippen LogP) is 11.1. The van der Waals surface area contributed by atoms with Gasteiger partial charge in [-0.1, -0.05) is 90.8 Å². The first-order chi connectivity index (χ1) is 33.9. The van der Waals surface area contributed by atoms with Crippen LogP contribution < -0.4 is 14.4 Å². The first-order valence-corrected chi connectivity index (χ1v) is 27.7. The van der Waals surface area contributed by atoms with Crippen LogP contribution in [-0.2, 0) is 16.0 Å². The Labute approximate surface area is 420 Å². The minimum Gasteiger partial charge on any atom is -0.468 e. The van der Waals surface area contributed by atoms with Crippen molar-refractivity contribution in [3.8, 4) is 34.5 Å². The zero-order valence-corrected chi connectivity index (χ0v) is 44.7. The molecule has 2 aromatic heterocycles. The Morgan fingerprint density at radius 2 is 1.52 bits per heavy atom. The first-order valence-electron chi connectivity index (χ1n) is 25.5. The van der Waals surface area contributed by atoms with Crippen molar-refractivity contribution >= 4 is 41.7 Å². The average molecular weight is 990 g/mol. The number of aromatic nitrogens is 3. The van der Waals surface area contributed by atoms with Crippen LogP contribution in [0.4, 0.5) is 19.4 Å². The van der Waals surface area contributed by atoms with Crippen LogP contribution >= 0.6 is 0 Å². The van der Waals surface area contributed by atoms with Gasteiger partial charge in [0.2, 0.25) is 0 Å². The Balaban J connectivity index is 1.18. The second kappa shape index (κ2) is 21.8. The number of pyridine rings is 1. The number of benzene rings is 3. The molecule has 5 aromatic rings. The lowest BCUT2D eigenvalue weighted by Gasteiger charge is -2.42. The third-order valence-corrected chi connectivity index (χ3v) is 21.0. The third-order valence-electron chi connectivity index (χ3n) is 14.7. The highest BCUT2D eigenvalue weighted by atomic mass is 28.3. The fourth-order valence-corrected chi connectivity index (χ4v) is 16.6. The summed E-state index contributed by atoms with van der Waals surface area (Å²) in [6.07, 6.45) is 2.86. The molecule has 5 heterocycles. The summed E-state index contributed by atoms with van der Waals surface area (Å²) in [6, 6.07) is 16.9. The number of amides is 1. The summed E-state index contributed by atoms with van der Waals surface area (Å²) in [5.41, 5.74) is 5.79. The van der Waals surface area contributed by atoms with E-state index in [2.05, 4.69) is 98.9 Å². The summed E-state index contributed by atoms with van der Waals surface area (Å²) in [4.78, 5) is 37.1. The number of halogens is 2. The van der Waals surface area contributed by atoms with Crippen LogP contribution in [0.1, 0.15) is 93.2 Å². The van der Waals surface area contributed by atoms with Gasteiger partial charge in [-0.05, 0) is 79.4 Å². The molecule has 3 fully saturated rings. The van der Waals surface area contributed by atoms with Gasteiger partial charge in [0.1, 0.15) is 42.3 Å². The molecule has 3 atom stereocenters. The number of ether oxygens (including phenoxy) is 4. The second-order valence-electron chi connectivity index (χ2n) is 21.9. The maximum atomic E-state index is 18.0. The van der Waals surface area contributed by atoms with Gasteiger partial charge in [0.15, 0.2) is 12.6 Å². The molecule has 1 amide bonds. The van der Waals surface area contributed by atoms with Gasteiger partial charge in [-0.2, -0.15) is 9.97 Å². The lowest BCUT2D eigenvalue weighted by molar-refractivity contribution is 0.0122. The number of anilines is 1. The quantitative estimate of drug-likeness (QED) is 0.0569. The van der Waals surface area contributed by atoms with Gasteiger partial charge < -0.3 is 28.7 Å². The van der Waals surface area contributed by atoms with Gasteiger partial charge in [-0.3, -0.25) is 14.8 Å². The summed E-state index contributed by atoms with van der Waals surface area (Å²) in [5, 5.41) is 1.44. The van der Waals surface area contributed by atoms with Gasteiger partial charge in [-0.15, -0.1) is 5.54 Å². The molecular formula is C56H73F2N7O5Si. The van der Waals surface area contributed by atoms with E-state index in [0.717, 1.165) is 52.1 Å². The van der Waals surface area contributed by atoms with E-state index in [0.29, 0.717) is 69.6 Å². The minimum atomic E-state index is -2.32. The van der Waals surface area contributed by atoms with Gasteiger partial charge in [0.05, 0.1) is 29.6 Å². The van der Waals surface area contributed by atoms with Crippen molar-refractivity contribution in [2.75, 3.05) is 71.2 Å². The van der Waals surface area contributed by atoms with E-state index >= 15 is 8.78 Å². The minimum absolute atomic E-state index is 0.0188. The number of hydrogen-bond acceptors (Lipinski definition) is 11. The Kier molecular flexibility index (Phi) is 15.9. The monoisotopic (exact) mass is 990 g/mol. The molecule has 3 aliphatic rings. The van der Waals surface area contributed by atoms with Gasteiger partial charge in [0.25, 0.3) is 0 Å². The molecule has 15 heteroatoms. The topological polar surface area (TPSA) is 106 Å². The van der Waals surface area contributed by atoms with Crippen LogP contribution in [-0.4, -0.2) is 128 Å². The Morgan fingerprint density at radius 1 is 0.859 bits per heavy atom. The highest BCUT2D eigenvalue weighted by Gasteiger charge is 2.45. The SMILES string of the molecule is COCOc1cc(-c2ncc3c(N4CC5CCC(C4)N5C(=O)OC(C)(C)C)nc(OCC(C)CN4CCN(Cc5ccccc5)CC4)nc3c2F)c2c(C#C[Si](C(C)C)(C(C)C)C(C)C)c(F)ccc2c1. The molecule has 3 aliphatic heterocycles. The third kappa shape index (κ3) is 11.3. The fourth-order valence-electron chi connectivity index (χ4n) is 11.4. The van der Waals surface area contributed by atoms with Crippen LogP contribution in [0.15, 0.2) is 60.8 Å². The van der Waals surface area contributed by atoms with E-state index in [9.17, 15) is 4.79 Å². The standard InChI is InChI=1S/C56H73F2N7O5Si/c1-36(2)71(37(3)4,38(5)6)26-21-45-48(57)20-17-41-27-44(69-35-67-11)28-46(49(41)45)51-50(58)52-47(29-59-51)53(64-32-42-18-19-43(33-64)65(42)55(66)70-56(8,9)10)61-54(60-52)68-34-39(7)30-62-22-24-63(25-23-62)31-40-15-13-12-14-16-40/h12-17,20,27-29,36-39,42-43H,18-19,22-25,30-35H2,1-11H3. The Morgan fingerprint density at radius 3 is 2.15 bits per heavy atom. The van der Waals surface area contributed by atoms with Crippen LogP contribution in [0.25, 0.3) is 32.9 Å². The lowest BCUT2D eigenvalue weighted by Crippen LogP contribution is -2.57. The number of methoxy groups -OCH3 is 1. The van der Waals surface area contributed by atoms with Crippen LogP contribution in [0.3, 0.4) is 0 Å². The number of hydrogen-bond donors (Lipinski definition) is 0. The summed E-state index contributed by atoms with van der Waals surface area (Å²) < 4.78 is 58.0. The molecular weight excluding hydrogens is 917 g/mol. The molecule has 0 N–H and O–H groups in total. The molecule has 0 saturated carbocycles. The molecule has 3 saturated heterocycles. The molecule has 8 rings (SSSR count). The average Bonchev–Trinajstić information content (AvgIpc) is 3.60.